The second-order valence-corrected chi connectivity index (χ2v) is 5.84. The van der Waals surface area contributed by atoms with Crippen LogP contribution < -0.4 is 0 Å². The highest BCUT2D eigenvalue weighted by atomic mass is 16.5. The SMILES string of the molecule is Cc1oncc1C(=O)N1CCC2(O)CCCCC2C1. The van der Waals surface area contributed by atoms with Gasteiger partial charge in [0.2, 0.25) is 0 Å². The minimum absolute atomic E-state index is 0.0219. The second kappa shape index (κ2) is 4.63. The fourth-order valence-electron chi connectivity index (χ4n) is 3.43. The molecule has 2 heterocycles. The number of carbonyl (C=O) groups is 1. The van der Waals surface area contributed by atoms with Gasteiger partial charge in [-0.25, -0.2) is 0 Å². The fourth-order valence-corrected chi connectivity index (χ4v) is 3.43. The molecule has 0 spiro atoms. The van der Waals surface area contributed by atoms with Crippen LogP contribution in [0.4, 0.5) is 0 Å². The first-order chi connectivity index (χ1) is 9.10. The number of fused-ring (bicyclic) bond motifs is 1. The van der Waals surface area contributed by atoms with E-state index in [1.807, 2.05) is 4.90 Å². The highest BCUT2D eigenvalue weighted by Crippen LogP contribution is 2.40. The van der Waals surface area contributed by atoms with Crippen LogP contribution in [0.2, 0.25) is 0 Å². The summed E-state index contributed by atoms with van der Waals surface area (Å²) >= 11 is 0. The Hall–Kier alpha value is -1.36. The molecular formula is C14H20N2O3. The maximum Gasteiger partial charge on any atom is 0.259 e. The van der Waals surface area contributed by atoms with Gasteiger partial charge < -0.3 is 14.5 Å². The van der Waals surface area contributed by atoms with E-state index in [4.69, 9.17) is 4.52 Å². The van der Waals surface area contributed by atoms with Crippen molar-refractivity contribution in [2.75, 3.05) is 13.1 Å². The number of likely N-dealkylation sites (tertiary alicyclic amines) is 1. The van der Waals surface area contributed by atoms with E-state index in [1.54, 1.807) is 6.92 Å². The van der Waals surface area contributed by atoms with Crippen LogP contribution in [-0.2, 0) is 0 Å². The number of hydrogen-bond donors (Lipinski definition) is 1. The average Bonchev–Trinajstić information content (AvgIpc) is 2.83. The molecule has 1 N–H and O–H groups in total. The van der Waals surface area contributed by atoms with Gasteiger partial charge in [0.1, 0.15) is 11.3 Å². The van der Waals surface area contributed by atoms with Crippen LogP contribution in [0.3, 0.4) is 0 Å². The van der Waals surface area contributed by atoms with Gasteiger partial charge in [0, 0.05) is 19.0 Å². The Kier molecular flexibility index (Phi) is 3.09. The van der Waals surface area contributed by atoms with Crippen LogP contribution in [0.1, 0.15) is 48.2 Å². The lowest BCUT2D eigenvalue weighted by molar-refractivity contribution is -0.0886. The molecule has 2 aliphatic rings. The number of rotatable bonds is 1. The summed E-state index contributed by atoms with van der Waals surface area (Å²) < 4.78 is 4.96. The summed E-state index contributed by atoms with van der Waals surface area (Å²) in [6.07, 6.45) is 6.33. The molecule has 1 aliphatic carbocycles. The third kappa shape index (κ3) is 2.16. The first-order valence-electron chi connectivity index (χ1n) is 7.03. The van der Waals surface area contributed by atoms with Crippen LogP contribution in [0.25, 0.3) is 0 Å². The van der Waals surface area contributed by atoms with Crippen LogP contribution in [0.15, 0.2) is 10.7 Å². The van der Waals surface area contributed by atoms with Crippen molar-refractivity contribution >= 4 is 5.91 Å². The molecule has 2 fully saturated rings. The molecule has 2 unspecified atom stereocenters. The largest absolute Gasteiger partial charge is 0.389 e. The van der Waals surface area contributed by atoms with Crippen molar-refractivity contribution in [3.8, 4) is 0 Å². The van der Waals surface area contributed by atoms with Gasteiger partial charge in [-0.3, -0.25) is 4.79 Å². The number of aryl methyl sites for hydroxylation is 1. The molecular weight excluding hydrogens is 244 g/mol. The summed E-state index contributed by atoms with van der Waals surface area (Å²) in [5.41, 5.74) is -0.000112. The molecule has 0 bridgehead atoms. The quantitative estimate of drug-likeness (QED) is 0.839. The van der Waals surface area contributed by atoms with Gasteiger partial charge in [0.15, 0.2) is 0 Å². The maximum absolute atomic E-state index is 12.4. The standard InChI is InChI=1S/C14H20N2O3/c1-10-12(8-15-19-10)13(17)16-7-6-14(18)5-3-2-4-11(14)9-16/h8,11,18H,2-7,9H2,1H3. The minimum atomic E-state index is -0.543. The number of carbonyl (C=O) groups excluding carboxylic acids is 1. The molecule has 0 radical (unpaired) electrons. The Labute approximate surface area is 112 Å². The van der Waals surface area contributed by atoms with Gasteiger partial charge >= 0.3 is 0 Å². The third-order valence-corrected chi connectivity index (χ3v) is 4.70. The monoisotopic (exact) mass is 264 g/mol. The number of hydrogen-bond acceptors (Lipinski definition) is 4. The van der Waals surface area contributed by atoms with Crippen molar-refractivity contribution in [2.24, 2.45) is 5.92 Å². The van der Waals surface area contributed by atoms with Crippen molar-refractivity contribution in [2.45, 2.75) is 44.6 Å². The normalized spacial score (nSPS) is 31.1. The van der Waals surface area contributed by atoms with E-state index in [1.165, 1.54) is 6.20 Å². The molecule has 104 valence electrons. The van der Waals surface area contributed by atoms with Gasteiger partial charge in [-0.05, 0) is 26.2 Å². The number of aliphatic hydroxyl groups is 1. The van der Waals surface area contributed by atoms with Gasteiger partial charge in [0.05, 0.1) is 11.8 Å². The van der Waals surface area contributed by atoms with E-state index in [9.17, 15) is 9.90 Å². The number of amides is 1. The highest BCUT2D eigenvalue weighted by molar-refractivity contribution is 5.94. The van der Waals surface area contributed by atoms with E-state index in [0.29, 0.717) is 30.8 Å². The van der Waals surface area contributed by atoms with Gasteiger partial charge in [-0.15, -0.1) is 0 Å². The van der Waals surface area contributed by atoms with Crippen LogP contribution in [0, 0.1) is 12.8 Å². The molecule has 1 aromatic heterocycles. The molecule has 1 aliphatic heterocycles. The van der Waals surface area contributed by atoms with Crippen molar-refractivity contribution < 1.29 is 14.4 Å². The molecule has 5 heteroatoms. The molecule has 1 saturated heterocycles. The Bertz CT molecular complexity index is 485. The van der Waals surface area contributed by atoms with E-state index in [2.05, 4.69) is 5.16 Å². The van der Waals surface area contributed by atoms with Crippen molar-refractivity contribution in [1.82, 2.24) is 10.1 Å². The average molecular weight is 264 g/mol. The number of nitrogens with zero attached hydrogens (tertiary/aromatic N) is 2. The fraction of sp³-hybridized carbons (Fsp3) is 0.714. The summed E-state index contributed by atoms with van der Waals surface area (Å²) in [5.74, 6) is 0.764. The molecule has 1 saturated carbocycles. The molecule has 3 rings (SSSR count). The van der Waals surface area contributed by atoms with Crippen molar-refractivity contribution in [3.05, 3.63) is 17.5 Å². The van der Waals surface area contributed by atoms with E-state index in [-0.39, 0.29) is 11.8 Å². The Morgan fingerprint density at radius 3 is 3.11 bits per heavy atom. The lowest BCUT2D eigenvalue weighted by Gasteiger charge is -2.47. The van der Waals surface area contributed by atoms with E-state index < -0.39 is 5.60 Å². The van der Waals surface area contributed by atoms with E-state index >= 15 is 0 Å². The van der Waals surface area contributed by atoms with Crippen molar-refractivity contribution in [3.63, 3.8) is 0 Å². The second-order valence-electron chi connectivity index (χ2n) is 5.84. The first-order valence-corrected chi connectivity index (χ1v) is 7.03. The Morgan fingerprint density at radius 2 is 2.37 bits per heavy atom. The smallest absolute Gasteiger partial charge is 0.259 e. The summed E-state index contributed by atoms with van der Waals surface area (Å²) in [6, 6.07) is 0. The maximum atomic E-state index is 12.4. The third-order valence-electron chi connectivity index (χ3n) is 4.70. The van der Waals surface area contributed by atoms with Crippen molar-refractivity contribution in [1.29, 1.82) is 0 Å². The van der Waals surface area contributed by atoms with Crippen LogP contribution in [-0.4, -0.2) is 39.8 Å². The van der Waals surface area contributed by atoms with Gasteiger partial charge in [-0.1, -0.05) is 18.0 Å². The van der Waals surface area contributed by atoms with Gasteiger partial charge in [-0.2, -0.15) is 0 Å². The molecule has 1 amide bonds. The summed E-state index contributed by atoms with van der Waals surface area (Å²) in [7, 11) is 0. The topological polar surface area (TPSA) is 66.6 Å². The lowest BCUT2D eigenvalue weighted by Crippen LogP contribution is -2.54. The molecule has 1 aromatic rings. The van der Waals surface area contributed by atoms with Gasteiger partial charge in [0.25, 0.3) is 5.91 Å². The minimum Gasteiger partial charge on any atom is -0.389 e. The molecule has 5 nitrogen and oxygen atoms in total. The summed E-state index contributed by atoms with van der Waals surface area (Å²) in [6.45, 7) is 3.03. The Morgan fingerprint density at radius 1 is 1.53 bits per heavy atom. The number of piperidine rings is 1. The van der Waals surface area contributed by atoms with Crippen LogP contribution in [0.5, 0.6) is 0 Å². The first kappa shape index (κ1) is 12.7. The zero-order valence-electron chi connectivity index (χ0n) is 11.3. The highest BCUT2D eigenvalue weighted by Gasteiger charge is 2.44. The molecule has 0 aromatic carbocycles. The molecule has 2 atom stereocenters. The zero-order valence-corrected chi connectivity index (χ0v) is 11.3. The number of aromatic nitrogens is 1. The summed E-state index contributed by atoms with van der Waals surface area (Å²) in [5, 5.41) is 14.3. The predicted molar refractivity (Wildman–Crippen MR) is 68.7 cm³/mol. The van der Waals surface area contributed by atoms with Crippen LogP contribution >= 0.6 is 0 Å². The molecule has 19 heavy (non-hydrogen) atoms. The zero-order chi connectivity index (χ0) is 13.5. The van der Waals surface area contributed by atoms with E-state index in [0.717, 1.165) is 25.7 Å². The summed E-state index contributed by atoms with van der Waals surface area (Å²) in [4.78, 5) is 14.2. The Balaban J connectivity index is 1.74. The predicted octanol–water partition coefficient (Wildman–Crippen LogP) is 1.75. The lowest BCUT2D eigenvalue weighted by atomic mass is 9.71.